The smallest absolute Gasteiger partial charge is 0.251 e. The third kappa shape index (κ3) is 9.55. The third-order valence-corrected chi connectivity index (χ3v) is 4.80. The van der Waals surface area contributed by atoms with Crippen LogP contribution in [0.15, 0.2) is 48.5 Å². The van der Waals surface area contributed by atoms with Crippen molar-refractivity contribution in [1.82, 2.24) is 5.32 Å². The molecule has 0 aliphatic heterocycles. The standard InChI is InChI=1S/C25H35N3O3/c1-3-5-7-8-17-31-23-14-12-21(13-15-23)27-19-24(29)28-22-11-9-10-20(18-22)25(30)26-16-6-4-2/h9-15,18,27H,3-8,16-17,19H2,1-2H3,(H,26,30)(H,28,29). The molecule has 6 nitrogen and oxygen atoms in total. The molecule has 0 aromatic heterocycles. The van der Waals surface area contributed by atoms with Gasteiger partial charge in [0.15, 0.2) is 0 Å². The van der Waals surface area contributed by atoms with Gasteiger partial charge < -0.3 is 20.7 Å². The van der Waals surface area contributed by atoms with Crippen molar-refractivity contribution < 1.29 is 14.3 Å². The van der Waals surface area contributed by atoms with E-state index in [0.717, 1.165) is 37.3 Å². The van der Waals surface area contributed by atoms with Crippen LogP contribution in [0.5, 0.6) is 5.75 Å². The van der Waals surface area contributed by atoms with E-state index in [-0.39, 0.29) is 18.4 Å². The Morgan fingerprint density at radius 1 is 0.871 bits per heavy atom. The van der Waals surface area contributed by atoms with Crippen LogP contribution in [0.1, 0.15) is 62.7 Å². The Labute approximate surface area is 185 Å². The van der Waals surface area contributed by atoms with Gasteiger partial charge >= 0.3 is 0 Å². The molecular weight excluding hydrogens is 390 g/mol. The number of hydrogen-bond donors (Lipinski definition) is 3. The fraction of sp³-hybridized carbons (Fsp3) is 0.440. The number of hydrogen-bond acceptors (Lipinski definition) is 4. The minimum absolute atomic E-state index is 0.129. The Kier molecular flexibility index (Phi) is 11.0. The van der Waals surface area contributed by atoms with E-state index in [0.29, 0.717) is 17.8 Å². The van der Waals surface area contributed by atoms with E-state index in [2.05, 4.69) is 29.8 Å². The van der Waals surface area contributed by atoms with Crippen molar-refractivity contribution >= 4 is 23.2 Å². The molecular formula is C25H35N3O3. The van der Waals surface area contributed by atoms with Crippen molar-refractivity contribution in [2.24, 2.45) is 0 Å². The van der Waals surface area contributed by atoms with E-state index >= 15 is 0 Å². The quantitative estimate of drug-likeness (QED) is 0.362. The van der Waals surface area contributed by atoms with E-state index in [1.54, 1.807) is 24.3 Å². The summed E-state index contributed by atoms with van der Waals surface area (Å²) in [6.07, 6.45) is 6.68. The van der Waals surface area contributed by atoms with Gasteiger partial charge in [0.05, 0.1) is 13.2 Å². The second-order valence-corrected chi connectivity index (χ2v) is 7.53. The monoisotopic (exact) mass is 425 g/mol. The maximum Gasteiger partial charge on any atom is 0.251 e. The summed E-state index contributed by atoms with van der Waals surface area (Å²) in [4.78, 5) is 24.4. The van der Waals surface area contributed by atoms with Crippen molar-refractivity contribution in [2.75, 3.05) is 30.3 Å². The van der Waals surface area contributed by atoms with E-state index < -0.39 is 0 Å². The maximum atomic E-state index is 12.3. The van der Waals surface area contributed by atoms with Crippen LogP contribution in [-0.2, 0) is 4.79 Å². The molecule has 0 radical (unpaired) electrons. The molecule has 0 saturated heterocycles. The van der Waals surface area contributed by atoms with Gasteiger partial charge in [-0.3, -0.25) is 9.59 Å². The number of carbonyl (C=O) groups is 2. The summed E-state index contributed by atoms with van der Waals surface area (Å²) in [5, 5.41) is 8.80. The zero-order chi connectivity index (χ0) is 22.3. The van der Waals surface area contributed by atoms with Gasteiger partial charge in [0.25, 0.3) is 5.91 Å². The molecule has 0 spiro atoms. The molecule has 31 heavy (non-hydrogen) atoms. The first-order chi connectivity index (χ1) is 15.1. The van der Waals surface area contributed by atoms with Gasteiger partial charge in [0.2, 0.25) is 5.91 Å². The summed E-state index contributed by atoms with van der Waals surface area (Å²) in [6, 6.07) is 14.6. The normalized spacial score (nSPS) is 10.4. The summed E-state index contributed by atoms with van der Waals surface area (Å²) in [7, 11) is 0. The lowest BCUT2D eigenvalue weighted by Crippen LogP contribution is -2.25. The maximum absolute atomic E-state index is 12.3. The predicted molar refractivity (Wildman–Crippen MR) is 127 cm³/mol. The Morgan fingerprint density at radius 2 is 1.65 bits per heavy atom. The van der Waals surface area contributed by atoms with Crippen LogP contribution >= 0.6 is 0 Å². The van der Waals surface area contributed by atoms with Crippen LogP contribution in [0, 0.1) is 0 Å². The third-order valence-electron chi connectivity index (χ3n) is 4.80. The summed E-state index contributed by atoms with van der Waals surface area (Å²) in [6.45, 7) is 5.78. The molecule has 0 atom stereocenters. The highest BCUT2D eigenvalue weighted by molar-refractivity contribution is 5.98. The second kappa shape index (κ2) is 14.1. The molecule has 0 aliphatic carbocycles. The number of ether oxygens (including phenoxy) is 1. The molecule has 3 N–H and O–H groups in total. The molecule has 168 valence electrons. The number of anilines is 2. The van der Waals surface area contributed by atoms with E-state index in [1.165, 1.54) is 19.3 Å². The second-order valence-electron chi connectivity index (χ2n) is 7.53. The van der Waals surface area contributed by atoms with Crippen molar-refractivity contribution in [3.63, 3.8) is 0 Å². The Morgan fingerprint density at radius 3 is 2.39 bits per heavy atom. The van der Waals surface area contributed by atoms with Gasteiger partial charge in [-0.05, 0) is 55.3 Å². The van der Waals surface area contributed by atoms with Crippen molar-refractivity contribution in [3.05, 3.63) is 54.1 Å². The molecule has 0 unspecified atom stereocenters. The summed E-state index contributed by atoms with van der Waals surface area (Å²) in [5.74, 6) is 0.524. The average molecular weight is 426 g/mol. The minimum Gasteiger partial charge on any atom is -0.494 e. The van der Waals surface area contributed by atoms with Crippen LogP contribution in [0.3, 0.4) is 0 Å². The van der Waals surface area contributed by atoms with Gasteiger partial charge in [0.1, 0.15) is 5.75 Å². The zero-order valence-electron chi connectivity index (χ0n) is 18.7. The van der Waals surface area contributed by atoms with Gasteiger partial charge in [-0.2, -0.15) is 0 Å². The molecule has 2 aromatic carbocycles. The van der Waals surface area contributed by atoms with Gasteiger partial charge in [-0.15, -0.1) is 0 Å². The molecule has 2 amide bonds. The SMILES string of the molecule is CCCCCCOc1ccc(NCC(=O)Nc2cccc(C(=O)NCCCC)c2)cc1. The van der Waals surface area contributed by atoms with Crippen molar-refractivity contribution in [2.45, 2.75) is 52.4 Å². The molecule has 6 heteroatoms. The van der Waals surface area contributed by atoms with E-state index in [1.807, 2.05) is 24.3 Å². The Balaban J connectivity index is 1.75. The number of carbonyl (C=O) groups excluding carboxylic acids is 2. The summed E-state index contributed by atoms with van der Waals surface area (Å²) >= 11 is 0. The highest BCUT2D eigenvalue weighted by atomic mass is 16.5. The van der Waals surface area contributed by atoms with Crippen molar-refractivity contribution in [3.8, 4) is 5.75 Å². The highest BCUT2D eigenvalue weighted by Crippen LogP contribution is 2.16. The summed E-state index contributed by atoms with van der Waals surface area (Å²) in [5.41, 5.74) is 1.98. The average Bonchev–Trinajstić information content (AvgIpc) is 2.78. The summed E-state index contributed by atoms with van der Waals surface area (Å²) < 4.78 is 5.73. The van der Waals surface area contributed by atoms with Crippen LogP contribution in [-0.4, -0.2) is 31.5 Å². The van der Waals surface area contributed by atoms with Crippen LogP contribution in [0.4, 0.5) is 11.4 Å². The lowest BCUT2D eigenvalue weighted by atomic mass is 10.2. The fourth-order valence-electron chi connectivity index (χ4n) is 2.99. The minimum atomic E-state index is -0.181. The first kappa shape index (κ1) is 24.3. The zero-order valence-corrected chi connectivity index (χ0v) is 18.7. The number of nitrogens with one attached hydrogen (secondary N) is 3. The molecule has 0 saturated carbocycles. The lowest BCUT2D eigenvalue weighted by Gasteiger charge is -2.10. The Hall–Kier alpha value is -3.02. The first-order valence-corrected chi connectivity index (χ1v) is 11.3. The molecule has 0 fully saturated rings. The van der Waals surface area contributed by atoms with Crippen molar-refractivity contribution in [1.29, 1.82) is 0 Å². The number of benzene rings is 2. The molecule has 0 aliphatic rings. The highest BCUT2D eigenvalue weighted by Gasteiger charge is 2.08. The molecule has 0 bridgehead atoms. The molecule has 2 aromatic rings. The van der Waals surface area contributed by atoms with Crippen LogP contribution < -0.4 is 20.7 Å². The lowest BCUT2D eigenvalue weighted by molar-refractivity contribution is -0.114. The van der Waals surface area contributed by atoms with E-state index in [4.69, 9.17) is 4.74 Å². The van der Waals surface area contributed by atoms with Gasteiger partial charge in [-0.1, -0.05) is 45.6 Å². The Bertz CT molecular complexity index is 806. The number of rotatable bonds is 14. The van der Waals surface area contributed by atoms with Crippen LogP contribution in [0.2, 0.25) is 0 Å². The fourth-order valence-corrected chi connectivity index (χ4v) is 2.99. The number of amides is 2. The topological polar surface area (TPSA) is 79.5 Å². The van der Waals surface area contributed by atoms with Gasteiger partial charge in [0, 0.05) is 23.5 Å². The molecule has 2 rings (SSSR count). The van der Waals surface area contributed by atoms with E-state index in [9.17, 15) is 9.59 Å². The number of unbranched alkanes of at least 4 members (excludes halogenated alkanes) is 4. The van der Waals surface area contributed by atoms with Gasteiger partial charge in [-0.25, -0.2) is 0 Å². The van der Waals surface area contributed by atoms with Crippen LogP contribution in [0.25, 0.3) is 0 Å². The predicted octanol–water partition coefficient (Wildman–Crippen LogP) is 5.23. The molecule has 0 heterocycles. The first-order valence-electron chi connectivity index (χ1n) is 11.3. The largest absolute Gasteiger partial charge is 0.494 e.